The lowest BCUT2D eigenvalue weighted by atomic mass is 10.0. The molecule has 0 bridgehead atoms. The van der Waals surface area contributed by atoms with Crippen molar-refractivity contribution in [3.05, 3.63) is 29.8 Å². The molecule has 0 heterocycles. The Bertz CT molecular complexity index is 301. The Morgan fingerprint density at radius 3 is 2.83 bits per heavy atom. The van der Waals surface area contributed by atoms with Crippen LogP contribution < -0.4 is 0 Å². The van der Waals surface area contributed by atoms with Crippen molar-refractivity contribution in [3.8, 4) is 6.07 Å². The molecule has 0 saturated heterocycles. The van der Waals surface area contributed by atoms with Crippen LogP contribution in [0.1, 0.15) is 18.4 Å². The second kappa shape index (κ2) is 4.18. The van der Waals surface area contributed by atoms with E-state index in [2.05, 4.69) is 18.2 Å². The van der Waals surface area contributed by atoms with E-state index in [9.17, 15) is 0 Å². The molecule has 62 valence electrons. The van der Waals surface area contributed by atoms with Crippen LogP contribution in [0.5, 0.6) is 0 Å². The molecule has 1 nitrogen and oxygen atoms in total. The Balaban J connectivity index is 2.95. The lowest BCUT2D eigenvalue weighted by Gasteiger charge is -2.03. The lowest BCUT2D eigenvalue weighted by molar-refractivity contribution is 0.974. The largest absolute Gasteiger partial charge is 0.198 e. The molecule has 0 saturated carbocycles. The summed E-state index contributed by atoms with van der Waals surface area (Å²) in [6.07, 6.45) is 2.04. The fourth-order valence-electron chi connectivity index (χ4n) is 0.985. The van der Waals surface area contributed by atoms with Crippen LogP contribution >= 0.6 is 11.8 Å². The molecule has 0 spiro atoms. The predicted octanol–water partition coefficient (Wildman–Crippen LogP) is 3.04. The van der Waals surface area contributed by atoms with Gasteiger partial charge in [-0.15, -0.1) is 11.8 Å². The van der Waals surface area contributed by atoms with Crippen LogP contribution in [0.4, 0.5) is 0 Å². The van der Waals surface area contributed by atoms with Gasteiger partial charge in [0.15, 0.2) is 0 Å². The van der Waals surface area contributed by atoms with Crippen molar-refractivity contribution in [2.75, 3.05) is 6.26 Å². The zero-order valence-electron chi connectivity index (χ0n) is 7.24. The number of nitrogens with zero attached hydrogens (tertiary/aromatic N) is 1. The molecule has 0 aromatic heterocycles. The van der Waals surface area contributed by atoms with Gasteiger partial charge in [0.05, 0.1) is 12.0 Å². The minimum atomic E-state index is -0.00269. The van der Waals surface area contributed by atoms with Crippen molar-refractivity contribution < 1.29 is 0 Å². The predicted molar refractivity (Wildman–Crippen MR) is 52.3 cm³/mol. The third-order valence-electron chi connectivity index (χ3n) is 1.79. The summed E-state index contributed by atoms with van der Waals surface area (Å²) in [5.41, 5.74) is 1.10. The molecule has 1 rings (SSSR count). The Morgan fingerprint density at radius 1 is 1.50 bits per heavy atom. The van der Waals surface area contributed by atoms with Crippen molar-refractivity contribution in [2.24, 2.45) is 0 Å². The van der Waals surface area contributed by atoms with E-state index in [1.54, 1.807) is 11.8 Å². The van der Waals surface area contributed by atoms with Crippen LogP contribution in [0.25, 0.3) is 0 Å². The molecule has 1 unspecified atom stereocenters. The fourth-order valence-corrected chi connectivity index (χ4v) is 1.45. The van der Waals surface area contributed by atoms with Gasteiger partial charge in [0.2, 0.25) is 0 Å². The number of thioether (sulfide) groups is 1. The van der Waals surface area contributed by atoms with Crippen molar-refractivity contribution in [1.82, 2.24) is 0 Å². The summed E-state index contributed by atoms with van der Waals surface area (Å²) in [7, 11) is 0. The zero-order chi connectivity index (χ0) is 8.97. The van der Waals surface area contributed by atoms with E-state index in [4.69, 9.17) is 5.26 Å². The second-order valence-electron chi connectivity index (χ2n) is 2.63. The molecule has 0 aliphatic carbocycles. The molecule has 0 N–H and O–H groups in total. The Morgan fingerprint density at radius 2 is 2.25 bits per heavy atom. The summed E-state index contributed by atoms with van der Waals surface area (Å²) in [5, 5.41) is 8.70. The monoisotopic (exact) mass is 177 g/mol. The van der Waals surface area contributed by atoms with Gasteiger partial charge in [0, 0.05) is 4.90 Å². The highest BCUT2D eigenvalue weighted by Crippen LogP contribution is 2.20. The first kappa shape index (κ1) is 9.15. The highest BCUT2D eigenvalue weighted by molar-refractivity contribution is 7.98. The summed E-state index contributed by atoms with van der Waals surface area (Å²) >= 11 is 1.70. The number of benzene rings is 1. The summed E-state index contributed by atoms with van der Waals surface area (Å²) in [4.78, 5) is 1.22. The van der Waals surface area contributed by atoms with Gasteiger partial charge in [-0.25, -0.2) is 0 Å². The first-order chi connectivity index (χ1) is 5.77. The third-order valence-corrected chi connectivity index (χ3v) is 2.51. The van der Waals surface area contributed by atoms with Crippen LogP contribution in [0.2, 0.25) is 0 Å². The van der Waals surface area contributed by atoms with Gasteiger partial charge >= 0.3 is 0 Å². The first-order valence-corrected chi connectivity index (χ1v) is 5.04. The van der Waals surface area contributed by atoms with Crippen LogP contribution in [0, 0.1) is 11.3 Å². The standard InChI is InChI=1S/C10H11NS/c1-8(7-11)9-4-3-5-10(6-9)12-2/h3-6,8H,1-2H3. The van der Waals surface area contributed by atoms with Gasteiger partial charge in [-0.1, -0.05) is 12.1 Å². The van der Waals surface area contributed by atoms with E-state index < -0.39 is 0 Å². The SMILES string of the molecule is CSc1cccc(C(C)C#N)c1. The molecular formula is C10H11NS. The number of rotatable bonds is 2. The highest BCUT2D eigenvalue weighted by Gasteiger charge is 2.02. The van der Waals surface area contributed by atoms with Gasteiger partial charge in [0.25, 0.3) is 0 Å². The number of hydrogen-bond donors (Lipinski definition) is 0. The average Bonchev–Trinajstić information content (AvgIpc) is 2.17. The molecule has 0 amide bonds. The topological polar surface area (TPSA) is 23.8 Å². The van der Waals surface area contributed by atoms with E-state index in [1.807, 2.05) is 25.3 Å². The molecule has 0 aliphatic heterocycles. The quantitative estimate of drug-likeness (QED) is 0.648. The lowest BCUT2D eigenvalue weighted by Crippen LogP contribution is -1.88. The number of nitriles is 1. The maximum Gasteiger partial charge on any atom is 0.0700 e. The molecule has 1 aromatic rings. The van der Waals surface area contributed by atoms with E-state index >= 15 is 0 Å². The van der Waals surface area contributed by atoms with E-state index in [1.165, 1.54) is 4.90 Å². The van der Waals surface area contributed by atoms with Crippen LogP contribution in [0.3, 0.4) is 0 Å². The molecule has 2 heteroatoms. The minimum absolute atomic E-state index is 0.00269. The second-order valence-corrected chi connectivity index (χ2v) is 3.51. The normalized spacial score (nSPS) is 12.1. The van der Waals surface area contributed by atoms with Gasteiger partial charge in [0.1, 0.15) is 0 Å². The van der Waals surface area contributed by atoms with Gasteiger partial charge in [-0.2, -0.15) is 5.26 Å². The summed E-state index contributed by atoms with van der Waals surface area (Å²) in [6, 6.07) is 10.3. The Kier molecular flexibility index (Phi) is 3.19. The molecular weight excluding hydrogens is 166 g/mol. The zero-order valence-corrected chi connectivity index (χ0v) is 8.06. The van der Waals surface area contributed by atoms with Crippen molar-refractivity contribution in [1.29, 1.82) is 5.26 Å². The number of hydrogen-bond acceptors (Lipinski definition) is 2. The van der Waals surface area contributed by atoms with Crippen LogP contribution in [-0.4, -0.2) is 6.26 Å². The van der Waals surface area contributed by atoms with E-state index in [0.717, 1.165) is 5.56 Å². The maximum atomic E-state index is 8.70. The van der Waals surface area contributed by atoms with E-state index in [-0.39, 0.29) is 5.92 Å². The van der Waals surface area contributed by atoms with Crippen molar-refractivity contribution in [2.45, 2.75) is 17.7 Å². The van der Waals surface area contributed by atoms with Crippen molar-refractivity contribution in [3.63, 3.8) is 0 Å². The maximum absolute atomic E-state index is 8.70. The van der Waals surface area contributed by atoms with Gasteiger partial charge < -0.3 is 0 Å². The third kappa shape index (κ3) is 2.02. The molecule has 0 fully saturated rings. The minimum Gasteiger partial charge on any atom is -0.198 e. The summed E-state index contributed by atoms with van der Waals surface area (Å²) in [5.74, 6) is -0.00269. The smallest absolute Gasteiger partial charge is 0.0700 e. The molecule has 0 aliphatic rings. The van der Waals surface area contributed by atoms with Crippen molar-refractivity contribution >= 4 is 11.8 Å². The van der Waals surface area contributed by atoms with Gasteiger partial charge in [-0.05, 0) is 30.9 Å². The first-order valence-electron chi connectivity index (χ1n) is 3.81. The highest BCUT2D eigenvalue weighted by atomic mass is 32.2. The summed E-state index contributed by atoms with van der Waals surface area (Å²) in [6.45, 7) is 1.92. The van der Waals surface area contributed by atoms with Gasteiger partial charge in [-0.3, -0.25) is 0 Å². The molecule has 1 aromatic carbocycles. The Labute approximate surface area is 77.4 Å². The molecule has 1 atom stereocenters. The van der Waals surface area contributed by atoms with Crippen LogP contribution in [-0.2, 0) is 0 Å². The fraction of sp³-hybridized carbons (Fsp3) is 0.300. The molecule has 0 radical (unpaired) electrons. The molecule has 12 heavy (non-hydrogen) atoms. The summed E-state index contributed by atoms with van der Waals surface area (Å²) < 4.78 is 0. The average molecular weight is 177 g/mol. The Hall–Kier alpha value is -0.940. The van der Waals surface area contributed by atoms with Crippen LogP contribution in [0.15, 0.2) is 29.2 Å². The van der Waals surface area contributed by atoms with E-state index in [0.29, 0.717) is 0 Å².